The van der Waals surface area contributed by atoms with E-state index in [1.807, 2.05) is 6.92 Å². The molecule has 32 heavy (non-hydrogen) atoms. The second-order valence-corrected chi connectivity index (χ2v) is 9.42. The van der Waals surface area contributed by atoms with E-state index in [0.29, 0.717) is 23.7 Å². The molecule has 0 heterocycles. The third-order valence-corrected chi connectivity index (χ3v) is 6.96. The van der Waals surface area contributed by atoms with Crippen molar-refractivity contribution >= 4 is 15.9 Å². The van der Waals surface area contributed by atoms with Crippen LogP contribution < -0.4 is 9.47 Å². The fraction of sp³-hybridized carbons (Fsp3) is 0.192. The summed E-state index contributed by atoms with van der Waals surface area (Å²) < 4.78 is 37.0. The van der Waals surface area contributed by atoms with Crippen LogP contribution in [-0.4, -0.2) is 15.5 Å². The predicted molar refractivity (Wildman–Crippen MR) is 125 cm³/mol. The summed E-state index contributed by atoms with van der Waals surface area (Å²) in [7, 11) is -2.39. The molecule has 3 aromatic carbocycles. The summed E-state index contributed by atoms with van der Waals surface area (Å²) in [5.74, 6) is 0.987. The quantitative estimate of drug-likeness (QED) is 0.445. The Morgan fingerprint density at radius 2 is 1.62 bits per heavy atom. The number of methoxy groups -OCH3 is 1. The van der Waals surface area contributed by atoms with Crippen molar-refractivity contribution in [3.63, 3.8) is 0 Å². The Bertz CT molecular complexity index is 1300. The maximum absolute atomic E-state index is 12.8. The summed E-state index contributed by atoms with van der Waals surface area (Å²) in [4.78, 5) is -0.270. The van der Waals surface area contributed by atoms with Gasteiger partial charge >= 0.3 is 0 Å². The Balaban J connectivity index is 1.88. The predicted octanol–water partition coefficient (Wildman–Crippen LogP) is 5.54. The molecule has 0 bridgehead atoms. The number of hydrogen-bond acceptors (Lipinski definition) is 5. The number of rotatable bonds is 7. The Labute approximate surface area is 189 Å². The molecule has 0 spiro atoms. The first-order valence-corrected chi connectivity index (χ1v) is 11.5. The maximum atomic E-state index is 12.8. The van der Waals surface area contributed by atoms with E-state index in [1.54, 1.807) is 42.5 Å². The lowest BCUT2D eigenvalue weighted by molar-refractivity contribution is 0.284. The molecule has 0 saturated heterocycles. The molecule has 3 rings (SSSR count). The molecule has 6 heteroatoms. The van der Waals surface area contributed by atoms with Crippen molar-refractivity contribution < 1.29 is 17.9 Å². The molecule has 0 N–H and O–H groups in total. The molecule has 3 aromatic rings. The van der Waals surface area contributed by atoms with E-state index in [4.69, 9.17) is 9.47 Å². The van der Waals surface area contributed by atoms with Gasteiger partial charge in [0.05, 0.1) is 12.0 Å². The number of aryl methyl sites for hydroxylation is 3. The first kappa shape index (κ1) is 23.1. The summed E-state index contributed by atoms with van der Waals surface area (Å²) in [6.45, 7) is 6.57. The van der Waals surface area contributed by atoms with Gasteiger partial charge in [0.25, 0.3) is 0 Å². The van der Waals surface area contributed by atoms with Crippen molar-refractivity contribution in [2.24, 2.45) is 0 Å². The van der Waals surface area contributed by atoms with Crippen molar-refractivity contribution in [1.29, 1.82) is 5.26 Å². The number of hydrogen-bond donors (Lipinski definition) is 0. The highest BCUT2D eigenvalue weighted by Gasteiger charge is 2.20. The zero-order chi connectivity index (χ0) is 23.3. The molecule has 0 radical (unpaired) electrons. The molecular weight excluding hydrogens is 422 g/mol. The molecule has 0 amide bonds. The van der Waals surface area contributed by atoms with Crippen molar-refractivity contribution in [3.8, 4) is 17.6 Å². The Morgan fingerprint density at radius 1 is 0.938 bits per heavy atom. The Hall–Kier alpha value is -3.56. The fourth-order valence-corrected chi connectivity index (χ4v) is 4.45. The Morgan fingerprint density at radius 3 is 2.28 bits per heavy atom. The van der Waals surface area contributed by atoms with Crippen molar-refractivity contribution in [1.82, 2.24) is 0 Å². The van der Waals surface area contributed by atoms with E-state index in [1.165, 1.54) is 36.4 Å². The molecule has 0 aliphatic rings. The van der Waals surface area contributed by atoms with E-state index < -0.39 is 9.84 Å². The monoisotopic (exact) mass is 447 g/mol. The molecule has 164 valence electrons. The van der Waals surface area contributed by atoms with Crippen molar-refractivity contribution in [2.45, 2.75) is 32.3 Å². The van der Waals surface area contributed by atoms with Gasteiger partial charge in [-0.2, -0.15) is 5.26 Å². The van der Waals surface area contributed by atoms with Crippen LogP contribution in [0.3, 0.4) is 0 Å². The van der Waals surface area contributed by atoms with Crippen LogP contribution in [-0.2, 0) is 16.4 Å². The zero-order valence-electron chi connectivity index (χ0n) is 18.5. The highest BCUT2D eigenvalue weighted by molar-refractivity contribution is 7.95. The van der Waals surface area contributed by atoms with Crippen LogP contribution in [0.15, 0.2) is 70.5 Å². The standard InChI is InChI=1S/C26H25NO4S/c1-18-12-20(3)22(13-19(18)2)17-31-25-11-10-21(15-26(25)30-4)14-24(16-27)32(28,29)23-8-6-5-7-9-23/h5-15H,17H2,1-4H3. The van der Waals surface area contributed by atoms with Gasteiger partial charge in [-0.15, -0.1) is 0 Å². The molecule has 0 atom stereocenters. The van der Waals surface area contributed by atoms with Gasteiger partial charge in [0.15, 0.2) is 11.5 Å². The average molecular weight is 448 g/mol. The minimum absolute atomic E-state index is 0.0727. The van der Waals surface area contributed by atoms with Gasteiger partial charge in [-0.3, -0.25) is 0 Å². The second-order valence-electron chi connectivity index (χ2n) is 7.50. The summed E-state index contributed by atoms with van der Waals surface area (Å²) >= 11 is 0. The molecule has 0 aliphatic heterocycles. The van der Waals surface area contributed by atoms with E-state index in [9.17, 15) is 13.7 Å². The van der Waals surface area contributed by atoms with Gasteiger partial charge in [-0.05, 0) is 78.9 Å². The minimum Gasteiger partial charge on any atom is -0.493 e. The van der Waals surface area contributed by atoms with Gasteiger partial charge in [0, 0.05) is 0 Å². The minimum atomic E-state index is -3.91. The van der Waals surface area contributed by atoms with Crippen molar-refractivity contribution in [3.05, 3.63) is 93.4 Å². The lowest BCUT2D eigenvalue weighted by Crippen LogP contribution is -2.03. The molecule has 0 fully saturated rings. The van der Waals surface area contributed by atoms with Crippen LogP contribution in [0, 0.1) is 32.1 Å². The third-order valence-electron chi connectivity index (χ3n) is 5.27. The number of allylic oxidation sites excluding steroid dienone is 1. The summed E-state index contributed by atoms with van der Waals surface area (Å²) in [6, 6.07) is 19.0. The zero-order valence-corrected chi connectivity index (χ0v) is 19.4. The van der Waals surface area contributed by atoms with E-state index in [-0.39, 0.29) is 9.80 Å². The highest BCUT2D eigenvalue weighted by Crippen LogP contribution is 2.31. The SMILES string of the molecule is COc1cc(C=C(C#N)S(=O)(=O)c2ccccc2)ccc1OCc1cc(C)c(C)cc1C. The van der Waals surface area contributed by atoms with Gasteiger partial charge in [0.2, 0.25) is 9.84 Å². The fourth-order valence-electron chi connectivity index (χ4n) is 3.27. The van der Waals surface area contributed by atoms with Crippen LogP contribution >= 0.6 is 0 Å². The summed E-state index contributed by atoms with van der Waals surface area (Å²) in [6.07, 6.45) is 1.34. The number of benzene rings is 3. The van der Waals surface area contributed by atoms with Crippen molar-refractivity contribution in [2.75, 3.05) is 7.11 Å². The molecule has 0 aromatic heterocycles. The van der Waals surface area contributed by atoms with Crippen LogP contribution in [0.1, 0.15) is 27.8 Å². The topological polar surface area (TPSA) is 76.4 Å². The summed E-state index contributed by atoms with van der Waals surface area (Å²) in [5.41, 5.74) is 5.19. The first-order valence-electron chi connectivity index (χ1n) is 10.1. The molecular formula is C26H25NO4S. The summed E-state index contributed by atoms with van der Waals surface area (Å²) in [5, 5.41) is 9.49. The number of nitrogens with zero attached hydrogens (tertiary/aromatic N) is 1. The van der Waals surface area contributed by atoms with E-state index in [2.05, 4.69) is 26.0 Å². The normalized spacial score (nSPS) is 11.7. The molecule has 0 saturated carbocycles. The van der Waals surface area contributed by atoms with Crippen LogP contribution in [0.25, 0.3) is 6.08 Å². The number of nitriles is 1. The van der Waals surface area contributed by atoms with Gasteiger partial charge in [0.1, 0.15) is 17.6 Å². The first-order chi connectivity index (χ1) is 15.3. The second kappa shape index (κ2) is 9.71. The molecule has 0 aliphatic carbocycles. The molecule has 5 nitrogen and oxygen atoms in total. The third kappa shape index (κ3) is 5.01. The lowest BCUT2D eigenvalue weighted by atomic mass is 10.0. The average Bonchev–Trinajstić information content (AvgIpc) is 2.79. The van der Waals surface area contributed by atoms with Gasteiger partial charge in [-0.1, -0.05) is 36.4 Å². The largest absolute Gasteiger partial charge is 0.493 e. The van der Waals surface area contributed by atoms with E-state index >= 15 is 0 Å². The van der Waals surface area contributed by atoms with E-state index in [0.717, 1.165) is 11.1 Å². The van der Waals surface area contributed by atoms with Gasteiger partial charge < -0.3 is 9.47 Å². The Kier molecular flexibility index (Phi) is 7.01. The highest BCUT2D eigenvalue weighted by atomic mass is 32.2. The van der Waals surface area contributed by atoms with Crippen LogP contribution in [0.4, 0.5) is 0 Å². The van der Waals surface area contributed by atoms with Gasteiger partial charge in [-0.25, -0.2) is 8.42 Å². The van der Waals surface area contributed by atoms with Crippen LogP contribution in [0.5, 0.6) is 11.5 Å². The van der Waals surface area contributed by atoms with Crippen LogP contribution in [0.2, 0.25) is 0 Å². The maximum Gasteiger partial charge on any atom is 0.216 e. The number of sulfone groups is 1. The number of ether oxygens (including phenoxy) is 2. The molecule has 0 unspecified atom stereocenters. The lowest BCUT2D eigenvalue weighted by Gasteiger charge is -2.14. The smallest absolute Gasteiger partial charge is 0.216 e.